The summed E-state index contributed by atoms with van der Waals surface area (Å²) in [7, 11) is 0. The highest BCUT2D eigenvalue weighted by molar-refractivity contribution is 5.85. The van der Waals surface area contributed by atoms with Crippen molar-refractivity contribution in [1.82, 2.24) is 0 Å². The number of anilines is 1. The lowest BCUT2D eigenvalue weighted by Gasteiger charge is -2.14. The van der Waals surface area contributed by atoms with Gasteiger partial charge in [-0.1, -0.05) is 29.8 Å². The summed E-state index contributed by atoms with van der Waals surface area (Å²) in [5.74, 6) is 0.846. The smallest absolute Gasteiger partial charge is 0.411 e. The van der Waals surface area contributed by atoms with Gasteiger partial charge in [0.2, 0.25) is 0 Å². The Kier molecular flexibility index (Phi) is 5.63. The monoisotopic (exact) mass is 313 g/mol. The molecule has 1 amide bonds. The van der Waals surface area contributed by atoms with Gasteiger partial charge < -0.3 is 9.47 Å². The third kappa shape index (κ3) is 4.74. The molecule has 0 unspecified atom stereocenters. The maximum absolute atomic E-state index is 11.7. The Labute approximate surface area is 137 Å². The molecule has 0 fully saturated rings. The lowest BCUT2D eigenvalue weighted by molar-refractivity contribution is 0.168. The van der Waals surface area contributed by atoms with Gasteiger partial charge in [0, 0.05) is 5.56 Å². The van der Waals surface area contributed by atoms with E-state index in [1.165, 1.54) is 5.56 Å². The standard InChI is InChI=1S/C19H23NO3/c1-5-22-19(21)20-17-11-14(3)6-8-16(17)12-23-18-9-7-13(2)10-15(18)4/h6-11H,5,12H2,1-4H3,(H,20,21). The second-order valence-electron chi connectivity index (χ2n) is 5.56. The Morgan fingerprint density at radius 1 is 1.04 bits per heavy atom. The Morgan fingerprint density at radius 3 is 2.43 bits per heavy atom. The van der Waals surface area contributed by atoms with Crippen LogP contribution in [-0.4, -0.2) is 12.7 Å². The number of rotatable bonds is 5. The van der Waals surface area contributed by atoms with Gasteiger partial charge in [-0.05, 0) is 51.0 Å². The van der Waals surface area contributed by atoms with Crippen LogP contribution in [0.15, 0.2) is 36.4 Å². The molecular weight excluding hydrogens is 290 g/mol. The summed E-state index contributed by atoms with van der Waals surface area (Å²) in [5, 5.41) is 2.77. The number of aryl methyl sites for hydroxylation is 3. The molecule has 0 aliphatic heterocycles. The van der Waals surface area contributed by atoms with Crippen LogP contribution < -0.4 is 10.1 Å². The van der Waals surface area contributed by atoms with Gasteiger partial charge in [0.05, 0.1) is 12.3 Å². The van der Waals surface area contributed by atoms with Crippen molar-refractivity contribution in [3.05, 3.63) is 58.7 Å². The van der Waals surface area contributed by atoms with Crippen molar-refractivity contribution in [2.45, 2.75) is 34.3 Å². The molecule has 0 spiro atoms. The number of nitrogens with one attached hydrogen (secondary N) is 1. The average Bonchev–Trinajstić information content (AvgIpc) is 2.48. The summed E-state index contributed by atoms with van der Waals surface area (Å²) in [4.78, 5) is 11.7. The molecule has 0 atom stereocenters. The highest BCUT2D eigenvalue weighted by Crippen LogP contribution is 2.23. The van der Waals surface area contributed by atoms with Crippen LogP contribution in [0.5, 0.6) is 5.75 Å². The van der Waals surface area contributed by atoms with Crippen molar-refractivity contribution in [2.75, 3.05) is 11.9 Å². The molecule has 2 rings (SSSR count). The zero-order chi connectivity index (χ0) is 16.8. The van der Waals surface area contributed by atoms with E-state index in [4.69, 9.17) is 9.47 Å². The molecule has 0 aromatic heterocycles. The van der Waals surface area contributed by atoms with Crippen molar-refractivity contribution in [1.29, 1.82) is 0 Å². The largest absolute Gasteiger partial charge is 0.489 e. The first-order valence-electron chi connectivity index (χ1n) is 7.73. The van der Waals surface area contributed by atoms with Crippen molar-refractivity contribution < 1.29 is 14.3 Å². The summed E-state index contributed by atoms with van der Waals surface area (Å²) in [6.07, 6.45) is -0.453. The fourth-order valence-corrected chi connectivity index (χ4v) is 2.33. The molecule has 0 bridgehead atoms. The van der Waals surface area contributed by atoms with E-state index in [0.717, 1.165) is 22.4 Å². The molecule has 2 aromatic rings. The first-order valence-corrected chi connectivity index (χ1v) is 7.73. The third-order valence-electron chi connectivity index (χ3n) is 3.49. The van der Waals surface area contributed by atoms with E-state index < -0.39 is 6.09 Å². The zero-order valence-electron chi connectivity index (χ0n) is 14.1. The molecule has 1 N–H and O–H groups in total. The molecule has 23 heavy (non-hydrogen) atoms. The third-order valence-corrected chi connectivity index (χ3v) is 3.49. The van der Waals surface area contributed by atoms with E-state index in [2.05, 4.69) is 18.3 Å². The topological polar surface area (TPSA) is 47.6 Å². The molecule has 2 aromatic carbocycles. The van der Waals surface area contributed by atoms with E-state index in [9.17, 15) is 4.79 Å². The van der Waals surface area contributed by atoms with Gasteiger partial charge in [0.15, 0.2) is 0 Å². The Bertz CT molecular complexity index is 695. The molecule has 4 nitrogen and oxygen atoms in total. The molecule has 0 saturated heterocycles. The number of hydrogen-bond acceptors (Lipinski definition) is 3. The predicted molar refractivity (Wildman–Crippen MR) is 92.1 cm³/mol. The number of benzene rings is 2. The first-order chi connectivity index (χ1) is 11.0. The molecule has 0 heterocycles. The minimum atomic E-state index is -0.453. The van der Waals surface area contributed by atoms with E-state index >= 15 is 0 Å². The minimum absolute atomic E-state index is 0.339. The molecule has 4 heteroatoms. The summed E-state index contributed by atoms with van der Waals surface area (Å²) in [5.41, 5.74) is 4.98. The quantitative estimate of drug-likeness (QED) is 0.865. The van der Waals surface area contributed by atoms with E-state index in [1.54, 1.807) is 6.92 Å². The molecule has 0 aliphatic rings. The van der Waals surface area contributed by atoms with Gasteiger partial charge in [0.25, 0.3) is 0 Å². The van der Waals surface area contributed by atoms with Crippen LogP contribution in [0.4, 0.5) is 10.5 Å². The van der Waals surface area contributed by atoms with E-state index in [0.29, 0.717) is 18.9 Å². The second-order valence-corrected chi connectivity index (χ2v) is 5.56. The summed E-state index contributed by atoms with van der Waals surface area (Å²) in [6, 6.07) is 11.9. The molecule has 122 valence electrons. The van der Waals surface area contributed by atoms with Crippen molar-refractivity contribution in [2.24, 2.45) is 0 Å². The number of carbonyl (C=O) groups is 1. The number of hydrogen-bond donors (Lipinski definition) is 1. The maximum Gasteiger partial charge on any atom is 0.411 e. The lowest BCUT2D eigenvalue weighted by Crippen LogP contribution is -2.15. The van der Waals surface area contributed by atoms with Crippen molar-refractivity contribution in [3.8, 4) is 5.75 Å². The molecule has 0 saturated carbocycles. The fourth-order valence-electron chi connectivity index (χ4n) is 2.33. The summed E-state index contributed by atoms with van der Waals surface area (Å²) < 4.78 is 10.9. The predicted octanol–water partition coefficient (Wildman–Crippen LogP) is 4.76. The number of amides is 1. The Morgan fingerprint density at radius 2 is 1.74 bits per heavy atom. The van der Waals surface area contributed by atoms with Crippen molar-refractivity contribution in [3.63, 3.8) is 0 Å². The fraction of sp³-hybridized carbons (Fsp3) is 0.316. The Hall–Kier alpha value is -2.49. The number of carbonyl (C=O) groups excluding carboxylic acids is 1. The van der Waals surface area contributed by atoms with Crippen LogP contribution in [0.2, 0.25) is 0 Å². The highest BCUT2D eigenvalue weighted by Gasteiger charge is 2.09. The highest BCUT2D eigenvalue weighted by atomic mass is 16.5. The maximum atomic E-state index is 11.7. The van der Waals surface area contributed by atoms with Crippen LogP contribution in [-0.2, 0) is 11.3 Å². The molecular formula is C19H23NO3. The van der Waals surface area contributed by atoms with Gasteiger partial charge >= 0.3 is 6.09 Å². The number of ether oxygens (including phenoxy) is 2. The van der Waals surface area contributed by atoms with Crippen LogP contribution >= 0.6 is 0 Å². The Balaban J connectivity index is 2.14. The second kappa shape index (κ2) is 7.68. The van der Waals surface area contributed by atoms with Gasteiger partial charge in [-0.15, -0.1) is 0 Å². The first kappa shape index (κ1) is 16.9. The van der Waals surface area contributed by atoms with E-state index in [1.807, 2.05) is 44.2 Å². The minimum Gasteiger partial charge on any atom is -0.489 e. The molecule has 0 radical (unpaired) electrons. The summed E-state index contributed by atoms with van der Waals surface area (Å²) >= 11 is 0. The lowest BCUT2D eigenvalue weighted by atomic mass is 10.1. The van der Waals surface area contributed by atoms with Gasteiger partial charge in [-0.25, -0.2) is 4.79 Å². The van der Waals surface area contributed by atoms with Gasteiger partial charge in [-0.3, -0.25) is 5.32 Å². The van der Waals surface area contributed by atoms with Gasteiger partial charge in [0.1, 0.15) is 12.4 Å². The SMILES string of the molecule is CCOC(=O)Nc1cc(C)ccc1COc1ccc(C)cc1C. The van der Waals surface area contributed by atoms with Crippen LogP contribution in [0.3, 0.4) is 0 Å². The summed E-state index contributed by atoms with van der Waals surface area (Å²) in [6.45, 7) is 8.55. The van der Waals surface area contributed by atoms with Crippen LogP contribution in [0.25, 0.3) is 0 Å². The average molecular weight is 313 g/mol. The van der Waals surface area contributed by atoms with Gasteiger partial charge in [-0.2, -0.15) is 0 Å². The van der Waals surface area contributed by atoms with Crippen molar-refractivity contribution >= 4 is 11.8 Å². The van der Waals surface area contributed by atoms with Crippen LogP contribution in [0.1, 0.15) is 29.2 Å². The van der Waals surface area contributed by atoms with E-state index in [-0.39, 0.29) is 0 Å². The molecule has 0 aliphatic carbocycles. The normalized spacial score (nSPS) is 10.3. The zero-order valence-corrected chi connectivity index (χ0v) is 14.1. The van der Waals surface area contributed by atoms with Crippen LogP contribution in [0, 0.1) is 20.8 Å².